The smallest absolute Gasteiger partial charge is 0.321 e. The number of rotatable bonds is 1. The van der Waals surface area contributed by atoms with Crippen LogP contribution in [0.25, 0.3) is 0 Å². The first-order valence-corrected chi connectivity index (χ1v) is 2.90. The Morgan fingerprint density at radius 2 is 2.50 bits per heavy atom. The van der Waals surface area contributed by atoms with Crippen molar-refractivity contribution in [2.24, 2.45) is 0 Å². The molecule has 0 bridgehead atoms. The first-order chi connectivity index (χ1) is 4.74. The van der Waals surface area contributed by atoms with Gasteiger partial charge in [0, 0.05) is 25.4 Å². The predicted molar refractivity (Wildman–Crippen MR) is 35.3 cm³/mol. The van der Waals surface area contributed by atoms with E-state index in [1.807, 2.05) is 0 Å². The van der Waals surface area contributed by atoms with Gasteiger partial charge in [0.2, 0.25) is 0 Å². The van der Waals surface area contributed by atoms with Crippen molar-refractivity contribution in [3.8, 4) is 0 Å². The van der Waals surface area contributed by atoms with Gasteiger partial charge in [0.25, 0.3) is 0 Å². The van der Waals surface area contributed by atoms with Gasteiger partial charge in [0.05, 0.1) is 0 Å². The third kappa shape index (κ3) is 1.15. The molecule has 1 heterocycles. The van der Waals surface area contributed by atoms with Gasteiger partial charge in [-0.15, -0.1) is 0 Å². The van der Waals surface area contributed by atoms with Gasteiger partial charge >= 0.3 is 6.03 Å². The quantitative estimate of drug-likeness (QED) is 0.509. The van der Waals surface area contributed by atoms with Crippen LogP contribution in [0, 0.1) is 0 Å². The van der Waals surface area contributed by atoms with E-state index in [2.05, 4.69) is 5.32 Å². The van der Waals surface area contributed by atoms with E-state index in [1.54, 1.807) is 7.05 Å². The number of nitrogens with zero attached hydrogens (tertiary/aromatic N) is 1. The zero-order valence-electron chi connectivity index (χ0n) is 5.63. The molecule has 0 spiro atoms. The highest BCUT2D eigenvalue weighted by molar-refractivity contribution is 5.83. The first-order valence-electron chi connectivity index (χ1n) is 2.90. The molecule has 10 heavy (non-hydrogen) atoms. The summed E-state index contributed by atoms with van der Waals surface area (Å²) >= 11 is 0. The summed E-state index contributed by atoms with van der Waals surface area (Å²) in [7, 11) is 1.60. The maximum Gasteiger partial charge on any atom is 0.321 e. The van der Waals surface area contributed by atoms with Crippen molar-refractivity contribution < 1.29 is 9.59 Å². The summed E-state index contributed by atoms with van der Waals surface area (Å²) in [6, 6.07) is -0.175. The molecule has 0 aromatic heterocycles. The molecule has 54 valence electrons. The highest BCUT2D eigenvalue weighted by Gasteiger charge is 2.12. The first kappa shape index (κ1) is 6.80. The van der Waals surface area contributed by atoms with Crippen molar-refractivity contribution in [1.29, 1.82) is 0 Å². The van der Waals surface area contributed by atoms with Crippen molar-refractivity contribution in [2.75, 3.05) is 13.6 Å². The normalized spacial score (nSPS) is 17.9. The molecule has 4 nitrogen and oxygen atoms in total. The number of nitrogens with one attached hydrogen (secondary N) is 1. The van der Waals surface area contributed by atoms with Crippen LogP contribution in [0.2, 0.25) is 0 Å². The van der Waals surface area contributed by atoms with Crippen molar-refractivity contribution in [3.63, 3.8) is 0 Å². The largest absolute Gasteiger partial charge is 0.333 e. The number of hydrogen-bond acceptors (Lipinski definition) is 2. The molecule has 1 aliphatic heterocycles. The van der Waals surface area contributed by atoms with Crippen LogP contribution in [0.5, 0.6) is 0 Å². The van der Waals surface area contributed by atoms with Crippen LogP contribution < -0.4 is 5.32 Å². The fraction of sp³-hybridized carbons (Fsp3) is 0.333. The second-order valence-corrected chi connectivity index (χ2v) is 2.09. The van der Waals surface area contributed by atoms with Gasteiger partial charge in [-0.2, -0.15) is 0 Å². The van der Waals surface area contributed by atoms with Crippen LogP contribution in [-0.4, -0.2) is 30.8 Å². The minimum absolute atomic E-state index is 0.175. The van der Waals surface area contributed by atoms with Gasteiger partial charge in [-0.1, -0.05) is 0 Å². The van der Waals surface area contributed by atoms with Crippen LogP contribution in [-0.2, 0) is 4.79 Å². The molecule has 0 radical (unpaired) electrons. The van der Waals surface area contributed by atoms with Gasteiger partial charge < -0.3 is 10.2 Å². The lowest BCUT2D eigenvalue weighted by Crippen LogP contribution is -2.39. The second kappa shape index (κ2) is 2.51. The van der Waals surface area contributed by atoms with Gasteiger partial charge in [-0.25, -0.2) is 4.79 Å². The third-order valence-corrected chi connectivity index (χ3v) is 1.27. The minimum Gasteiger partial charge on any atom is -0.333 e. The Bertz CT molecular complexity index is 198. The van der Waals surface area contributed by atoms with Crippen LogP contribution >= 0.6 is 0 Å². The summed E-state index contributed by atoms with van der Waals surface area (Å²) in [6.07, 6.45) is 2.25. The summed E-state index contributed by atoms with van der Waals surface area (Å²) < 4.78 is 0. The highest BCUT2D eigenvalue weighted by Crippen LogP contribution is 1.98. The molecule has 1 rings (SSSR count). The zero-order valence-corrected chi connectivity index (χ0v) is 5.63. The van der Waals surface area contributed by atoms with Crippen molar-refractivity contribution >= 4 is 12.3 Å². The Morgan fingerprint density at radius 1 is 1.80 bits per heavy atom. The molecule has 1 N–H and O–H groups in total. The molecule has 2 amide bonds. The lowest BCUT2D eigenvalue weighted by atomic mass is 10.3. The molecular formula is C6H8N2O2. The van der Waals surface area contributed by atoms with Crippen LogP contribution in [0.3, 0.4) is 0 Å². The Hall–Kier alpha value is -1.32. The fourth-order valence-corrected chi connectivity index (χ4v) is 0.727. The molecule has 0 aromatic carbocycles. The predicted octanol–water partition coefficient (Wildman–Crippen LogP) is -0.276. The lowest BCUT2D eigenvalue weighted by molar-refractivity contribution is -0.105. The van der Waals surface area contributed by atoms with Crippen molar-refractivity contribution in [3.05, 3.63) is 11.8 Å². The average molecular weight is 140 g/mol. The van der Waals surface area contributed by atoms with E-state index in [1.165, 1.54) is 11.1 Å². The molecule has 0 saturated carbocycles. The van der Waals surface area contributed by atoms with Gasteiger partial charge in [-0.05, 0) is 0 Å². The van der Waals surface area contributed by atoms with E-state index >= 15 is 0 Å². The number of hydrogen-bond donors (Lipinski definition) is 1. The van der Waals surface area contributed by atoms with E-state index in [-0.39, 0.29) is 6.03 Å². The molecule has 0 atom stereocenters. The number of carbonyl (C=O) groups excluding carboxylic acids is 2. The molecule has 0 aromatic rings. The molecule has 4 heteroatoms. The molecule has 1 aliphatic rings. The van der Waals surface area contributed by atoms with Crippen molar-refractivity contribution in [2.45, 2.75) is 0 Å². The number of aldehydes is 1. The van der Waals surface area contributed by atoms with E-state index < -0.39 is 0 Å². The molecule has 0 unspecified atom stereocenters. The average Bonchev–Trinajstić information content (AvgIpc) is 1.95. The second-order valence-electron chi connectivity index (χ2n) is 2.09. The summed E-state index contributed by atoms with van der Waals surface area (Å²) in [5, 5.41) is 2.52. The Morgan fingerprint density at radius 3 is 3.00 bits per heavy atom. The maximum atomic E-state index is 10.7. The standard InChI is InChI=1S/C6H8N2O2/c1-8-3-5(4-9)2-7-6(8)10/h3-4H,2H2,1H3,(H,7,10). The summed E-state index contributed by atoms with van der Waals surface area (Å²) in [6.45, 7) is 0.340. The van der Waals surface area contributed by atoms with Gasteiger partial charge in [0.1, 0.15) is 6.29 Å². The Kier molecular flexibility index (Phi) is 1.71. The van der Waals surface area contributed by atoms with Gasteiger partial charge in [-0.3, -0.25) is 4.79 Å². The SMILES string of the molecule is CN1C=C(C=O)CNC1=O. The summed E-state index contributed by atoms with van der Waals surface area (Å²) in [5.74, 6) is 0. The van der Waals surface area contributed by atoms with E-state index in [0.29, 0.717) is 12.1 Å². The van der Waals surface area contributed by atoms with Gasteiger partial charge in [0.15, 0.2) is 0 Å². The zero-order chi connectivity index (χ0) is 7.56. The van der Waals surface area contributed by atoms with E-state index in [0.717, 1.165) is 6.29 Å². The number of amides is 2. The van der Waals surface area contributed by atoms with E-state index in [4.69, 9.17) is 0 Å². The highest BCUT2D eigenvalue weighted by atomic mass is 16.2. The fourth-order valence-electron chi connectivity index (χ4n) is 0.727. The summed E-state index contributed by atoms with van der Waals surface area (Å²) in [4.78, 5) is 22.2. The number of urea groups is 1. The third-order valence-electron chi connectivity index (χ3n) is 1.27. The minimum atomic E-state index is -0.175. The summed E-state index contributed by atoms with van der Waals surface area (Å²) in [5.41, 5.74) is 0.585. The Balaban J connectivity index is 2.74. The molecule has 0 saturated heterocycles. The molecule has 0 aliphatic carbocycles. The number of carbonyl (C=O) groups is 2. The maximum absolute atomic E-state index is 10.7. The van der Waals surface area contributed by atoms with Crippen molar-refractivity contribution in [1.82, 2.24) is 10.2 Å². The lowest BCUT2D eigenvalue weighted by Gasteiger charge is -2.19. The van der Waals surface area contributed by atoms with Crippen LogP contribution in [0.1, 0.15) is 0 Å². The van der Waals surface area contributed by atoms with Crippen LogP contribution in [0.4, 0.5) is 4.79 Å². The Labute approximate surface area is 58.5 Å². The molecule has 0 fully saturated rings. The van der Waals surface area contributed by atoms with Crippen LogP contribution in [0.15, 0.2) is 11.8 Å². The monoisotopic (exact) mass is 140 g/mol. The topological polar surface area (TPSA) is 49.4 Å². The molecular weight excluding hydrogens is 132 g/mol. The van der Waals surface area contributed by atoms with E-state index in [9.17, 15) is 9.59 Å².